The van der Waals surface area contributed by atoms with Crippen LogP contribution in [0.3, 0.4) is 0 Å². The van der Waals surface area contributed by atoms with Crippen molar-refractivity contribution in [2.45, 2.75) is 12.8 Å². The summed E-state index contributed by atoms with van der Waals surface area (Å²) < 4.78 is 16.0. The normalized spacial score (nSPS) is 14.5. The van der Waals surface area contributed by atoms with Crippen LogP contribution in [-0.2, 0) is 0 Å². The zero-order chi connectivity index (χ0) is 19.9. The summed E-state index contributed by atoms with van der Waals surface area (Å²) in [5.41, 5.74) is 1.69. The molecule has 0 spiro atoms. The van der Waals surface area contributed by atoms with Crippen LogP contribution in [0.5, 0.6) is 17.2 Å². The fraction of sp³-hybridized carbons (Fsp3) is 0.429. The van der Waals surface area contributed by atoms with Crippen molar-refractivity contribution in [3.05, 3.63) is 42.2 Å². The maximum atomic E-state index is 12.6. The first-order valence-corrected chi connectivity index (χ1v) is 9.39. The molecule has 0 atom stereocenters. The number of piperidine rings is 1. The van der Waals surface area contributed by atoms with Gasteiger partial charge in [0.1, 0.15) is 0 Å². The van der Waals surface area contributed by atoms with Crippen LogP contribution in [-0.4, -0.2) is 51.9 Å². The summed E-state index contributed by atoms with van der Waals surface area (Å²) in [4.78, 5) is 19.1. The van der Waals surface area contributed by atoms with Crippen molar-refractivity contribution in [2.24, 2.45) is 5.92 Å². The predicted molar refractivity (Wildman–Crippen MR) is 108 cm³/mol. The summed E-state index contributed by atoms with van der Waals surface area (Å²) in [5.74, 6) is 1.74. The van der Waals surface area contributed by atoms with Gasteiger partial charge in [0, 0.05) is 43.3 Å². The third-order valence-electron chi connectivity index (χ3n) is 5.12. The number of methoxy groups -OCH3 is 3. The molecule has 0 saturated carbocycles. The second kappa shape index (κ2) is 9.30. The third-order valence-corrected chi connectivity index (χ3v) is 5.12. The molecule has 0 radical (unpaired) electrons. The molecule has 1 saturated heterocycles. The third kappa shape index (κ3) is 4.47. The summed E-state index contributed by atoms with van der Waals surface area (Å²) in [6.45, 7) is 2.61. The van der Waals surface area contributed by atoms with Crippen LogP contribution < -0.4 is 24.4 Å². The lowest BCUT2D eigenvalue weighted by Gasteiger charge is -2.33. The molecule has 1 aliphatic heterocycles. The molecule has 3 rings (SSSR count). The molecule has 1 aromatic heterocycles. The van der Waals surface area contributed by atoms with Crippen LogP contribution in [0.2, 0.25) is 0 Å². The van der Waals surface area contributed by atoms with Gasteiger partial charge in [-0.15, -0.1) is 0 Å². The molecular formula is C21H27N3O4. The van der Waals surface area contributed by atoms with E-state index in [4.69, 9.17) is 14.2 Å². The van der Waals surface area contributed by atoms with Crippen LogP contribution in [0.4, 0.5) is 5.69 Å². The molecule has 7 nitrogen and oxygen atoms in total. The highest BCUT2D eigenvalue weighted by Gasteiger charge is 2.21. The molecular weight excluding hydrogens is 358 g/mol. The Labute approximate surface area is 165 Å². The number of rotatable bonds is 7. The zero-order valence-corrected chi connectivity index (χ0v) is 16.6. The van der Waals surface area contributed by atoms with E-state index in [1.807, 2.05) is 24.5 Å². The number of hydrogen-bond donors (Lipinski definition) is 1. The Kier molecular flexibility index (Phi) is 6.57. The van der Waals surface area contributed by atoms with E-state index in [9.17, 15) is 4.79 Å². The van der Waals surface area contributed by atoms with E-state index in [0.717, 1.165) is 25.9 Å². The highest BCUT2D eigenvalue weighted by atomic mass is 16.5. The van der Waals surface area contributed by atoms with Crippen LogP contribution >= 0.6 is 0 Å². The van der Waals surface area contributed by atoms with Crippen LogP contribution in [0.15, 0.2) is 36.7 Å². The second-order valence-corrected chi connectivity index (χ2v) is 6.76. The number of aromatic nitrogens is 1. The minimum Gasteiger partial charge on any atom is -0.493 e. The summed E-state index contributed by atoms with van der Waals surface area (Å²) in [6, 6.07) is 7.41. The molecule has 1 N–H and O–H groups in total. The van der Waals surface area contributed by atoms with Gasteiger partial charge in [0.05, 0.1) is 21.3 Å². The lowest BCUT2D eigenvalue weighted by molar-refractivity contribution is 0.0944. The second-order valence-electron chi connectivity index (χ2n) is 6.76. The van der Waals surface area contributed by atoms with Gasteiger partial charge in [-0.2, -0.15) is 0 Å². The molecule has 28 heavy (non-hydrogen) atoms. The average Bonchev–Trinajstić information content (AvgIpc) is 2.77. The highest BCUT2D eigenvalue weighted by Crippen LogP contribution is 2.38. The number of pyridine rings is 1. The first kappa shape index (κ1) is 19.8. The fourth-order valence-electron chi connectivity index (χ4n) is 3.50. The number of nitrogens with one attached hydrogen (secondary N) is 1. The fourth-order valence-corrected chi connectivity index (χ4v) is 3.50. The SMILES string of the molecule is COc1cc(C(=O)NCC2CCN(c3ccncc3)CC2)cc(OC)c1OC. The molecule has 0 unspecified atom stereocenters. The topological polar surface area (TPSA) is 72.9 Å². The van der Waals surface area contributed by atoms with Gasteiger partial charge in [-0.25, -0.2) is 0 Å². The quantitative estimate of drug-likeness (QED) is 0.790. The molecule has 1 aromatic carbocycles. The van der Waals surface area contributed by atoms with Crippen molar-refractivity contribution in [3.8, 4) is 17.2 Å². The van der Waals surface area contributed by atoms with Crippen molar-refractivity contribution in [1.82, 2.24) is 10.3 Å². The largest absolute Gasteiger partial charge is 0.493 e. The molecule has 7 heteroatoms. The maximum Gasteiger partial charge on any atom is 0.251 e. The molecule has 150 valence electrons. The van der Waals surface area contributed by atoms with E-state index in [2.05, 4.69) is 15.2 Å². The van der Waals surface area contributed by atoms with E-state index in [1.54, 1.807) is 19.2 Å². The van der Waals surface area contributed by atoms with E-state index in [0.29, 0.717) is 35.3 Å². The number of ether oxygens (including phenoxy) is 3. The number of nitrogens with zero attached hydrogens (tertiary/aromatic N) is 2. The standard InChI is InChI=1S/C21H27N3O4/c1-26-18-12-16(13-19(27-2)20(18)28-3)21(25)23-14-15-6-10-24(11-7-15)17-4-8-22-9-5-17/h4-5,8-9,12-13,15H,6-7,10-11,14H2,1-3H3,(H,23,25). The molecule has 0 bridgehead atoms. The van der Waals surface area contributed by atoms with Crippen molar-refractivity contribution < 1.29 is 19.0 Å². The predicted octanol–water partition coefficient (Wildman–Crippen LogP) is 2.75. The Hall–Kier alpha value is -2.96. The van der Waals surface area contributed by atoms with Gasteiger partial charge in [-0.05, 0) is 43.0 Å². The summed E-state index contributed by atoms with van der Waals surface area (Å²) >= 11 is 0. The van der Waals surface area contributed by atoms with Crippen molar-refractivity contribution in [2.75, 3.05) is 45.9 Å². The Morgan fingerprint density at radius 2 is 1.68 bits per heavy atom. The van der Waals surface area contributed by atoms with E-state index < -0.39 is 0 Å². The molecule has 2 aromatic rings. The molecule has 1 aliphatic rings. The number of amides is 1. The average molecular weight is 385 g/mol. The van der Waals surface area contributed by atoms with Crippen LogP contribution in [0, 0.1) is 5.92 Å². The van der Waals surface area contributed by atoms with Crippen molar-refractivity contribution in [1.29, 1.82) is 0 Å². The van der Waals surface area contributed by atoms with Gasteiger partial charge in [0.25, 0.3) is 5.91 Å². The smallest absolute Gasteiger partial charge is 0.251 e. The molecule has 2 heterocycles. The van der Waals surface area contributed by atoms with Crippen molar-refractivity contribution >= 4 is 11.6 Å². The number of anilines is 1. The Bertz CT molecular complexity index is 764. The monoisotopic (exact) mass is 385 g/mol. The Morgan fingerprint density at radius 1 is 1.07 bits per heavy atom. The van der Waals surface area contributed by atoms with Gasteiger partial charge in [-0.3, -0.25) is 9.78 Å². The highest BCUT2D eigenvalue weighted by molar-refractivity contribution is 5.95. The summed E-state index contributed by atoms with van der Waals surface area (Å²) in [5, 5.41) is 3.04. The van der Waals surface area contributed by atoms with Gasteiger partial charge in [-0.1, -0.05) is 0 Å². The minimum absolute atomic E-state index is 0.143. The summed E-state index contributed by atoms with van der Waals surface area (Å²) in [6.07, 6.45) is 5.72. The van der Waals surface area contributed by atoms with Gasteiger partial charge >= 0.3 is 0 Å². The van der Waals surface area contributed by atoms with Crippen LogP contribution in [0.1, 0.15) is 23.2 Å². The summed E-state index contributed by atoms with van der Waals surface area (Å²) in [7, 11) is 4.61. The Balaban J connectivity index is 1.56. The molecule has 1 fully saturated rings. The number of carbonyl (C=O) groups excluding carboxylic acids is 1. The van der Waals surface area contributed by atoms with E-state index >= 15 is 0 Å². The first-order chi connectivity index (χ1) is 13.7. The number of benzene rings is 1. The zero-order valence-electron chi connectivity index (χ0n) is 16.6. The van der Waals surface area contributed by atoms with Gasteiger partial charge < -0.3 is 24.4 Å². The lowest BCUT2D eigenvalue weighted by Crippen LogP contribution is -2.38. The minimum atomic E-state index is -0.143. The van der Waals surface area contributed by atoms with Gasteiger partial charge in [0.15, 0.2) is 11.5 Å². The molecule has 1 amide bonds. The first-order valence-electron chi connectivity index (χ1n) is 9.39. The maximum absolute atomic E-state index is 12.6. The molecule has 0 aliphatic carbocycles. The van der Waals surface area contributed by atoms with E-state index in [1.165, 1.54) is 19.9 Å². The number of hydrogen-bond acceptors (Lipinski definition) is 6. The lowest BCUT2D eigenvalue weighted by atomic mass is 9.96. The van der Waals surface area contributed by atoms with Gasteiger partial charge in [0.2, 0.25) is 5.75 Å². The number of carbonyl (C=O) groups is 1. The van der Waals surface area contributed by atoms with E-state index in [-0.39, 0.29) is 5.91 Å². The van der Waals surface area contributed by atoms with Crippen molar-refractivity contribution in [3.63, 3.8) is 0 Å². The Morgan fingerprint density at radius 3 is 2.21 bits per heavy atom. The van der Waals surface area contributed by atoms with Crippen LogP contribution in [0.25, 0.3) is 0 Å².